The molecule has 1 aliphatic rings. The number of allylic oxidation sites excluding steroid dienone is 5. The average Bonchev–Trinajstić information content (AvgIpc) is 2.57. The largest absolute Gasteiger partial charge is 0.402 e. The molecule has 1 heteroatoms. The van der Waals surface area contributed by atoms with Crippen molar-refractivity contribution < 1.29 is 0 Å². The third-order valence-corrected chi connectivity index (χ3v) is 5.69. The van der Waals surface area contributed by atoms with Crippen LogP contribution < -0.4 is 5.73 Å². The van der Waals surface area contributed by atoms with Crippen molar-refractivity contribution in [3.63, 3.8) is 0 Å². The highest BCUT2D eigenvalue weighted by atomic mass is 14.6. The van der Waals surface area contributed by atoms with Gasteiger partial charge in [-0.05, 0) is 58.3 Å². The molecule has 1 nitrogen and oxygen atoms in total. The summed E-state index contributed by atoms with van der Waals surface area (Å²) in [5.41, 5.74) is 9.77. The Bertz CT molecular complexity index is 482. The van der Waals surface area contributed by atoms with Crippen LogP contribution in [-0.4, -0.2) is 0 Å². The fourth-order valence-corrected chi connectivity index (χ4v) is 3.91. The molecule has 148 valence electrons. The normalized spacial score (nSPS) is 19.4. The molecular weight excluding hydrogens is 314 g/mol. The van der Waals surface area contributed by atoms with Crippen LogP contribution in [0.4, 0.5) is 0 Å². The highest BCUT2D eigenvalue weighted by Crippen LogP contribution is 2.45. The van der Waals surface area contributed by atoms with E-state index < -0.39 is 0 Å². The van der Waals surface area contributed by atoms with E-state index in [2.05, 4.69) is 45.2 Å². The Morgan fingerprint density at radius 3 is 2.12 bits per heavy atom. The molecule has 0 spiro atoms. The summed E-state index contributed by atoms with van der Waals surface area (Å²) in [6.07, 6.45) is 24.8. The molecule has 1 atom stereocenters. The summed E-state index contributed by atoms with van der Waals surface area (Å²) in [7, 11) is 0. The van der Waals surface area contributed by atoms with Crippen LogP contribution in [0.15, 0.2) is 48.2 Å². The fraction of sp³-hybridized carbons (Fsp3) is 0.680. The van der Waals surface area contributed by atoms with E-state index in [1.807, 2.05) is 0 Å². The van der Waals surface area contributed by atoms with E-state index in [9.17, 15) is 0 Å². The minimum absolute atomic E-state index is 0.0531. The molecule has 0 bridgehead atoms. The first-order valence-electron chi connectivity index (χ1n) is 10.9. The minimum Gasteiger partial charge on any atom is -0.402 e. The lowest BCUT2D eigenvalue weighted by molar-refractivity contribution is 0.404. The number of rotatable bonds is 16. The Kier molecular flexibility index (Phi) is 11.4. The quantitative estimate of drug-likeness (QED) is 0.220. The second kappa shape index (κ2) is 13.0. The van der Waals surface area contributed by atoms with Crippen molar-refractivity contribution >= 4 is 0 Å². The SMILES string of the molecule is C=C(CCCCCCC)CCCCCC/C=C/C[C@@]1(C(=C)N)C=C(C)C1. The smallest absolute Gasteiger partial charge is 0.0345 e. The fourth-order valence-electron chi connectivity index (χ4n) is 3.91. The third kappa shape index (κ3) is 8.92. The number of nitrogens with two attached hydrogens (primary N) is 1. The van der Waals surface area contributed by atoms with Gasteiger partial charge < -0.3 is 5.73 Å². The van der Waals surface area contributed by atoms with Crippen LogP contribution in [0.1, 0.15) is 104 Å². The summed E-state index contributed by atoms with van der Waals surface area (Å²) in [5, 5.41) is 0. The topological polar surface area (TPSA) is 26.0 Å². The lowest BCUT2D eigenvalue weighted by Crippen LogP contribution is -2.31. The summed E-state index contributed by atoms with van der Waals surface area (Å²) < 4.78 is 0. The van der Waals surface area contributed by atoms with Crippen LogP contribution in [0.5, 0.6) is 0 Å². The van der Waals surface area contributed by atoms with Crippen molar-refractivity contribution in [1.29, 1.82) is 0 Å². The molecule has 2 N–H and O–H groups in total. The predicted molar refractivity (Wildman–Crippen MR) is 118 cm³/mol. The van der Waals surface area contributed by atoms with E-state index >= 15 is 0 Å². The van der Waals surface area contributed by atoms with Gasteiger partial charge in [0, 0.05) is 11.1 Å². The Morgan fingerprint density at radius 2 is 1.58 bits per heavy atom. The van der Waals surface area contributed by atoms with Gasteiger partial charge in [-0.2, -0.15) is 0 Å². The molecule has 0 amide bonds. The summed E-state index contributed by atoms with van der Waals surface area (Å²) in [4.78, 5) is 0. The maximum atomic E-state index is 5.99. The van der Waals surface area contributed by atoms with Gasteiger partial charge in [-0.15, -0.1) is 0 Å². The van der Waals surface area contributed by atoms with E-state index in [0.29, 0.717) is 0 Å². The van der Waals surface area contributed by atoms with Crippen LogP contribution in [-0.2, 0) is 0 Å². The molecule has 0 aromatic rings. The molecule has 0 saturated carbocycles. The van der Waals surface area contributed by atoms with Crippen molar-refractivity contribution in [2.75, 3.05) is 0 Å². The zero-order valence-electron chi connectivity index (χ0n) is 17.6. The Morgan fingerprint density at radius 1 is 1.00 bits per heavy atom. The summed E-state index contributed by atoms with van der Waals surface area (Å²) >= 11 is 0. The van der Waals surface area contributed by atoms with E-state index in [-0.39, 0.29) is 5.41 Å². The highest BCUT2D eigenvalue weighted by Gasteiger charge is 2.35. The third-order valence-electron chi connectivity index (χ3n) is 5.69. The van der Waals surface area contributed by atoms with Crippen molar-refractivity contribution in [3.8, 4) is 0 Å². The maximum absolute atomic E-state index is 5.99. The molecule has 0 heterocycles. The second-order valence-electron chi connectivity index (χ2n) is 8.39. The van der Waals surface area contributed by atoms with E-state index in [0.717, 1.165) is 18.5 Å². The first-order chi connectivity index (χ1) is 12.5. The monoisotopic (exact) mass is 357 g/mol. The summed E-state index contributed by atoms with van der Waals surface area (Å²) in [6, 6.07) is 0. The summed E-state index contributed by atoms with van der Waals surface area (Å²) in [5.74, 6) is 0. The van der Waals surface area contributed by atoms with Crippen LogP contribution in [0, 0.1) is 5.41 Å². The molecule has 1 aliphatic carbocycles. The molecule has 0 unspecified atom stereocenters. The maximum Gasteiger partial charge on any atom is 0.0345 e. The molecular formula is C25H43N. The van der Waals surface area contributed by atoms with Crippen molar-refractivity contribution in [1.82, 2.24) is 0 Å². The standard InChI is InChI=1S/C25H43N/c1-5-6-7-11-14-17-22(2)18-15-12-9-8-10-13-16-19-25(24(4)26)20-23(3)21-25/h13,16,20H,2,4-12,14-15,17-19,21,26H2,1,3H3/b16-13+/t25-/m1/s1. The minimum atomic E-state index is 0.0531. The van der Waals surface area contributed by atoms with E-state index in [1.54, 1.807) is 0 Å². The van der Waals surface area contributed by atoms with Gasteiger partial charge in [0.1, 0.15) is 0 Å². The molecule has 0 aromatic carbocycles. The van der Waals surface area contributed by atoms with Gasteiger partial charge in [-0.25, -0.2) is 0 Å². The van der Waals surface area contributed by atoms with E-state index in [1.165, 1.54) is 88.2 Å². The zero-order valence-corrected chi connectivity index (χ0v) is 17.6. The molecule has 0 saturated heterocycles. The van der Waals surface area contributed by atoms with Crippen molar-refractivity contribution in [2.24, 2.45) is 11.1 Å². The lowest BCUT2D eigenvalue weighted by atomic mass is 9.67. The average molecular weight is 358 g/mol. The van der Waals surface area contributed by atoms with Gasteiger partial charge in [0.2, 0.25) is 0 Å². The van der Waals surface area contributed by atoms with Gasteiger partial charge in [0.05, 0.1) is 0 Å². The van der Waals surface area contributed by atoms with E-state index in [4.69, 9.17) is 5.73 Å². The highest BCUT2D eigenvalue weighted by molar-refractivity contribution is 5.33. The molecule has 0 aliphatic heterocycles. The first kappa shape index (κ1) is 22.8. The van der Waals surface area contributed by atoms with Gasteiger partial charge in [-0.1, -0.05) is 88.0 Å². The number of unbranched alkanes of at least 4 members (excludes halogenated alkanes) is 8. The van der Waals surface area contributed by atoms with Crippen molar-refractivity contribution in [2.45, 2.75) is 104 Å². The van der Waals surface area contributed by atoms with Gasteiger partial charge in [0.25, 0.3) is 0 Å². The van der Waals surface area contributed by atoms with Crippen LogP contribution in [0.3, 0.4) is 0 Å². The van der Waals surface area contributed by atoms with Gasteiger partial charge >= 0.3 is 0 Å². The first-order valence-corrected chi connectivity index (χ1v) is 10.9. The Balaban J connectivity index is 1.96. The number of hydrogen-bond acceptors (Lipinski definition) is 1. The zero-order chi connectivity index (χ0) is 19.3. The number of hydrogen-bond donors (Lipinski definition) is 1. The molecule has 0 aromatic heterocycles. The second-order valence-corrected chi connectivity index (χ2v) is 8.39. The Hall–Kier alpha value is -1.24. The molecule has 1 rings (SSSR count). The predicted octanol–water partition coefficient (Wildman–Crippen LogP) is 8.00. The van der Waals surface area contributed by atoms with Crippen molar-refractivity contribution in [3.05, 3.63) is 48.2 Å². The summed E-state index contributed by atoms with van der Waals surface area (Å²) in [6.45, 7) is 12.7. The van der Waals surface area contributed by atoms with Gasteiger partial charge in [0.15, 0.2) is 0 Å². The molecule has 26 heavy (non-hydrogen) atoms. The van der Waals surface area contributed by atoms with Crippen LogP contribution in [0.25, 0.3) is 0 Å². The Labute approximate surface area is 163 Å². The van der Waals surface area contributed by atoms with Gasteiger partial charge in [-0.3, -0.25) is 0 Å². The molecule has 0 radical (unpaired) electrons. The van der Waals surface area contributed by atoms with Crippen LogP contribution in [0.2, 0.25) is 0 Å². The van der Waals surface area contributed by atoms with Crippen LogP contribution >= 0.6 is 0 Å². The lowest BCUT2D eigenvalue weighted by Gasteiger charge is -2.38. The molecule has 0 fully saturated rings.